The van der Waals surface area contributed by atoms with Crippen LogP contribution in [0.15, 0.2) is 30.3 Å². The molecule has 1 aromatic rings. The molecular formula is C19H28N+. The van der Waals surface area contributed by atoms with Crippen molar-refractivity contribution in [3.8, 4) is 0 Å². The summed E-state index contributed by atoms with van der Waals surface area (Å²) < 4.78 is 1.07. The zero-order valence-corrected chi connectivity index (χ0v) is 13.3. The summed E-state index contributed by atoms with van der Waals surface area (Å²) in [6, 6.07) is 9.16. The average molecular weight is 270 g/mol. The van der Waals surface area contributed by atoms with Crippen LogP contribution in [0.3, 0.4) is 0 Å². The lowest BCUT2D eigenvalue weighted by Gasteiger charge is -2.23. The molecule has 1 spiro atoms. The molecule has 1 heteroatoms. The molecule has 2 aliphatic rings. The van der Waals surface area contributed by atoms with Crippen LogP contribution in [-0.2, 0) is 5.41 Å². The van der Waals surface area contributed by atoms with E-state index in [0.29, 0.717) is 5.41 Å². The van der Waals surface area contributed by atoms with Gasteiger partial charge in [-0.05, 0) is 36.0 Å². The van der Waals surface area contributed by atoms with Crippen molar-refractivity contribution in [1.82, 2.24) is 0 Å². The van der Waals surface area contributed by atoms with Gasteiger partial charge < -0.3 is 4.48 Å². The fourth-order valence-electron chi connectivity index (χ4n) is 4.06. The Bertz CT molecular complexity index is 513. The Balaban J connectivity index is 1.81. The summed E-state index contributed by atoms with van der Waals surface area (Å²) in [5.74, 6) is 0. The molecule has 20 heavy (non-hydrogen) atoms. The van der Waals surface area contributed by atoms with Crippen LogP contribution in [0.1, 0.15) is 49.7 Å². The molecule has 1 fully saturated rings. The van der Waals surface area contributed by atoms with E-state index in [1.165, 1.54) is 45.1 Å². The minimum absolute atomic E-state index is 0.405. The van der Waals surface area contributed by atoms with E-state index in [0.717, 1.165) is 4.48 Å². The summed E-state index contributed by atoms with van der Waals surface area (Å²) in [7, 11) is 6.86. The topological polar surface area (TPSA) is 0 Å². The second-order valence-corrected chi connectivity index (χ2v) is 7.70. The molecule has 2 aliphatic carbocycles. The molecular weight excluding hydrogens is 242 g/mol. The SMILES string of the molecule is C[N+](C)(C)CCCC1=CC2(CCCC2)c2ccccc21. The predicted octanol–water partition coefficient (Wildman–Crippen LogP) is 4.38. The van der Waals surface area contributed by atoms with Crippen LogP contribution in [0.25, 0.3) is 5.57 Å². The Labute approximate surface area is 123 Å². The molecule has 0 N–H and O–H groups in total. The monoisotopic (exact) mass is 270 g/mol. The zero-order chi connectivity index (χ0) is 14.2. The number of fused-ring (bicyclic) bond motifs is 2. The molecule has 0 aliphatic heterocycles. The smallest absolute Gasteiger partial charge is 0.0783 e. The number of quaternary nitrogens is 1. The molecule has 3 rings (SSSR count). The van der Waals surface area contributed by atoms with Gasteiger partial charge in [0.05, 0.1) is 27.7 Å². The second kappa shape index (κ2) is 5.04. The quantitative estimate of drug-likeness (QED) is 0.712. The minimum atomic E-state index is 0.405. The van der Waals surface area contributed by atoms with E-state index in [4.69, 9.17) is 0 Å². The lowest BCUT2D eigenvalue weighted by molar-refractivity contribution is -0.870. The van der Waals surface area contributed by atoms with Crippen molar-refractivity contribution >= 4 is 5.57 Å². The highest BCUT2D eigenvalue weighted by molar-refractivity contribution is 5.76. The zero-order valence-electron chi connectivity index (χ0n) is 13.3. The lowest BCUT2D eigenvalue weighted by Crippen LogP contribution is -2.35. The van der Waals surface area contributed by atoms with Crippen molar-refractivity contribution in [2.75, 3.05) is 27.7 Å². The Morgan fingerprint density at radius 3 is 2.45 bits per heavy atom. The van der Waals surface area contributed by atoms with Crippen molar-refractivity contribution in [3.63, 3.8) is 0 Å². The van der Waals surface area contributed by atoms with Crippen LogP contribution in [0.5, 0.6) is 0 Å². The van der Waals surface area contributed by atoms with Gasteiger partial charge in [-0.1, -0.05) is 43.2 Å². The summed E-state index contributed by atoms with van der Waals surface area (Å²) in [6.07, 6.45) is 10.7. The van der Waals surface area contributed by atoms with Crippen molar-refractivity contribution in [3.05, 3.63) is 41.5 Å². The first-order chi connectivity index (χ1) is 9.50. The molecule has 0 heterocycles. The Hall–Kier alpha value is -1.08. The highest BCUT2D eigenvalue weighted by Gasteiger charge is 2.39. The highest BCUT2D eigenvalue weighted by Crippen LogP contribution is 2.51. The number of nitrogens with zero attached hydrogens (tertiary/aromatic N) is 1. The fraction of sp³-hybridized carbons (Fsp3) is 0.579. The van der Waals surface area contributed by atoms with Crippen molar-refractivity contribution in [1.29, 1.82) is 0 Å². The summed E-state index contributed by atoms with van der Waals surface area (Å²) in [5.41, 5.74) is 5.20. The van der Waals surface area contributed by atoms with E-state index < -0.39 is 0 Å². The molecule has 108 valence electrons. The standard InChI is InChI=1S/C19H28N/c1-20(2,3)14-8-9-16-15-19(12-6-7-13-19)18-11-5-4-10-17(16)18/h4-5,10-11,15H,6-9,12-14H2,1-3H3/q+1. The van der Waals surface area contributed by atoms with Crippen molar-refractivity contribution in [2.45, 2.75) is 43.9 Å². The second-order valence-electron chi connectivity index (χ2n) is 7.70. The summed E-state index contributed by atoms with van der Waals surface area (Å²) in [5, 5.41) is 0. The van der Waals surface area contributed by atoms with Crippen LogP contribution in [0, 0.1) is 0 Å². The van der Waals surface area contributed by atoms with E-state index >= 15 is 0 Å². The lowest BCUT2D eigenvalue weighted by atomic mass is 9.81. The molecule has 1 aromatic carbocycles. The maximum Gasteiger partial charge on any atom is 0.0783 e. The molecule has 0 atom stereocenters. The first-order valence-corrected chi connectivity index (χ1v) is 8.12. The van der Waals surface area contributed by atoms with Crippen LogP contribution >= 0.6 is 0 Å². The van der Waals surface area contributed by atoms with Crippen molar-refractivity contribution in [2.24, 2.45) is 0 Å². The maximum absolute atomic E-state index is 2.64. The summed E-state index contributed by atoms with van der Waals surface area (Å²) >= 11 is 0. The number of benzene rings is 1. The Morgan fingerprint density at radius 2 is 1.75 bits per heavy atom. The van der Waals surface area contributed by atoms with Crippen LogP contribution < -0.4 is 0 Å². The van der Waals surface area contributed by atoms with Crippen LogP contribution in [-0.4, -0.2) is 32.2 Å². The molecule has 0 saturated heterocycles. The molecule has 0 bridgehead atoms. The van der Waals surface area contributed by atoms with Crippen LogP contribution in [0.4, 0.5) is 0 Å². The van der Waals surface area contributed by atoms with E-state index in [2.05, 4.69) is 51.5 Å². The first-order valence-electron chi connectivity index (χ1n) is 8.12. The highest BCUT2D eigenvalue weighted by atomic mass is 15.3. The third-order valence-corrected chi connectivity index (χ3v) is 5.03. The van der Waals surface area contributed by atoms with E-state index in [-0.39, 0.29) is 0 Å². The molecule has 0 aromatic heterocycles. The minimum Gasteiger partial charge on any atom is -0.331 e. The van der Waals surface area contributed by atoms with Gasteiger partial charge in [0.2, 0.25) is 0 Å². The van der Waals surface area contributed by atoms with Gasteiger partial charge >= 0.3 is 0 Å². The predicted molar refractivity (Wildman–Crippen MR) is 86.7 cm³/mol. The molecule has 0 radical (unpaired) electrons. The van der Waals surface area contributed by atoms with Gasteiger partial charge in [-0.2, -0.15) is 0 Å². The normalized spacial score (nSPS) is 20.2. The summed E-state index contributed by atoms with van der Waals surface area (Å²) in [6.45, 7) is 1.26. The average Bonchev–Trinajstić information content (AvgIpc) is 2.97. The van der Waals surface area contributed by atoms with Gasteiger partial charge in [0.1, 0.15) is 0 Å². The third kappa shape index (κ3) is 2.56. The molecule has 1 nitrogen and oxygen atoms in total. The van der Waals surface area contributed by atoms with E-state index in [9.17, 15) is 0 Å². The van der Waals surface area contributed by atoms with E-state index in [1.54, 1.807) is 16.7 Å². The summed E-state index contributed by atoms with van der Waals surface area (Å²) in [4.78, 5) is 0. The van der Waals surface area contributed by atoms with Gasteiger partial charge in [0, 0.05) is 11.8 Å². The van der Waals surface area contributed by atoms with Gasteiger partial charge in [-0.3, -0.25) is 0 Å². The Morgan fingerprint density at radius 1 is 1.05 bits per heavy atom. The number of allylic oxidation sites excluding steroid dienone is 2. The molecule has 0 unspecified atom stereocenters. The number of hydrogen-bond acceptors (Lipinski definition) is 0. The van der Waals surface area contributed by atoms with Gasteiger partial charge in [-0.25, -0.2) is 0 Å². The molecule has 1 saturated carbocycles. The van der Waals surface area contributed by atoms with Crippen molar-refractivity contribution < 1.29 is 4.48 Å². The van der Waals surface area contributed by atoms with E-state index in [1.807, 2.05) is 0 Å². The van der Waals surface area contributed by atoms with Gasteiger partial charge in [-0.15, -0.1) is 0 Å². The largest absolute Gasteiger partial charge is 0.331 e. The molecule has 0 amide bonds. The Kier molecular flexibility index (Phi) is 3.50. The van der Waals surface area contributed by atoms with Gasteiger partial charge in [0.15, 0.2) is 0 Å². The fourth-order valence-corrected chi connectivity index (χ4v) is 4.06. The van der Waals surface area contributed by atoms with Crippen LogP contribution in [0.2, 0.25) is 0 Å². The number of rotatable bonds is 4. The number of hydrogen-bond donors (Lipinski definition) is 0. The van der Waals surface area contributed by atoms with Gasteiger partial charge in [0.25, 0.3) is 0 Å². The third-order valence-electron chi connectivity index (χ3n) is 5.03. The first kappa shape index (κ1) is 13.9. The maximum atomic E-state index is 2.64.